The molecule has 3 rings (SSSR count). The Morgan fingerprint density at radius 1 is 1.12 bits per heavy atom. The minimum atomic E-state index is -1.29. The average Bonchev–Trinajstić information content (AvgIpc) is 3.09. The number of carbonyl (C=O) groups is 3. The van der Waals surface area contributed by atoms with Crippen molar-refractivity contribution in [2.75, 3.05) is 11.5 Å². The second-order valence-electron chi connectivity index (χ2n) is 7.64. The Balaban J connectivity index is 1.79. The number of aromatic nitrogens is 3. The summed E-state index contributed by atoms with van der Waals surface area (Å²) < 4.78 is 0. The summed E-state index contributed by atoms with van der Waals surface area (Å²) in [7, 11) is 0. The van der Waals surface area contributed by atoms with Crippen molar-refractivity contribution in [2.24, 2.45) is 0 Å². The molecule has 1 amide bonds. The largest absolute Gasteiger partial charge is 0.481 e. The monoisotopic (exact) mass is 472 g/mol. The van der Waals surface area contributed by atoms with E-state index < -0.39 is 23.9 Å². The van der Waals surface area contributed by atoms with Gasteiger partial charge in [-0.2, -0.15) is 9.97 Å². The van der Waals surface area contributed by atoms with E-state index in [1.807, 2.05) is 13.8 Å². The van der Waals surface area contributed by atoms with E-state index >= 15 is 0 Å². The first-order valence-corrected chi connectivity index (χ1v) is 10.9. The van der Waals surface area contributed by atoms with Crippen molar-refractivity contribution in [1.29, 1.82) is 0 Å². The topological polar surface area (TPSA) is 197 Å². The molecule has 0 bridgehead atoms. The third-order valence-corrected chi connectivity index (χ3v) is 5.90. The van der Waals surface area contributed by atoms with Crippen molar-refractivity contribution in [2.45, 2.75) is 48.6 Å². The van der Waals surface area contributed by atoms with Crippen LogP contribution in [0.2, 0.25) is 0 Å². The smallest absolute Gasteiger partial charge is 0.326 e. The fourth-order valence-corrected chi connectivity index (χ4v) is 4.43. The van der Waals surface area contributed by atoms with Crippen LogP contribution in [0.3, 0.4) is 0 Å². The molecule has 0 aliphatic carbocycles. The van der Waals surface area contributed by atoms with Crippen molar-refractivity contribution in [3.63, 3.8) is 0 Å². The molecule has 12 heteroatoms. The van der Waals surface area contributed by atoms with Crippen LogP contribution >= 0.6 is 11.8 Å². The lowest BCUT2D eigenvalue weighted by Crippen LogP contribution is -2.41. The maximum atomic E-state index is 12.4. The Kier molecular flexibility index (Phi) is 7.07. The van der Waals surface area contributed by atoms with E-state index in [-0.39, 0.29) is 30.3 Å². The molecule has 2 heterocycles. The highest BCUT2D eigenvalue weighted by atomic mass is 32.2. The van der Waals surface area contributed by atoms with Gasteiger partial charge in [-0.05, 0) is 42.2 Å². The number of carboxylic acid groups (broad SMARTS) is 2. The summed E-state index contributed by atoms with van der Waals surface area (Å²) in [5.74, 6) is -2.53. The number of carbonyl (C=O) groups excluding carboxylic acids is 1. The molecule has 2 aromatic heterocycles. The Bertz CT molecular complexity index is 1210. The molecule has 3 aromatic rings. The van der Waals surface area contributed by atoms with E-state index in [1.54, 1.807) is 24.3 Å². The standard InChI is InChI=1S/C21H24N6O5S/c1-9(2)14-15-16(22)25-21(23)27-17(15)26-19(14)33-11-5-3-10(4-6-11)18(30)24-12(20(31)32)7-8-13(28)29/h3-6,9,12H,7-8H2,1-2H3,(H,24,30)(H,28,29)(H,31,32)(H5,22,23,25,26,27)/t12-/m0/s1. The molecule has 0 spiro atoms. The van der Waals surface area contributed by atoms with Crippen LogP contribution in [0, 0.1) is 0 Å². The molecule has 0 fully saturated rings. The molecule has 8 N–H and O–H groups in total. The Labute approximate surface area is 193 Å². The number of carboxylic acids is 2. The van der Waals surface area contributed by atoms with Gasteiger partial charge in [0.1, 0.15) is 17.5 Å². The number of amides is 1. The third-order valence-electron chi connectivity index (χ3n) is 4.86. The van der Waals surface area contributed by atoms with Gasteiger partial charge in [-0.15, -0.1) is 0 Å². The quantitative estimate of drug-likeness (QED) is 0.269. The number of H-pyrrole nitrogens is 1. The SMILES string of the molecule is CC(C)c1c(Sc2ccc(C(=O)N[C@@H](CCC(=O)O)C(=O)O)cc2)[nH]c2nc(N)nc(N)c12. The van der Waals surface area contributed by atoms with Crippen LogP contribution in [0.4, 0.5) is 11.8 Å². The molecule has 0 aliphatic rings. The Morgan fingerprint density at radius 3 is 2.36 bits per heavy atom. The lowest BCUT2D eigenvalue weighted by molar-refractivity contribution is -0.140. The summed E-state index contributed by atoms with van der Waals surface area (Å²) in [6, 6.07) is 5.30. The van der Waals surface area contributed by atoms with Crippen LogP contribution < -0.4 is 16.8 Å². The van der Waals surface area contributed by atoms with Crippen LogP contribution in [0.1, 0.15) is 48.5 Å². The fraction of sp³-hybridized carbons (Fsp3) is 0.286. The first-order valence-electron chi connectivity index (χ1n) is 10.0. The van der Waals surface area contributed by atoms with Gasteiger partial charge in [-0.3, -0.25) is 9.59 Å². The van der Waals surface area contributed by atoms with Crippen LogP contribution in [-0.2, 0) is 9.59 Å². The number of nitrogens with zero attached hydrogens (tertiary/aromatic N) is 2. The predicted octanol–water partition coefficient (Wildman–Crippen LogP) is 2.44. The lowest BCUT2D eigenvalue weighted by atomic mass is 10.0. The molecule has 1 atom stereocenters. The maximum absolute atomic E-state index is 12.4. The van der Waals surface area contributed by atoms with E-state index in [2.05, 4.69) is 20.3 Å². The summed E-state index contributed by atoms with van der Waals surface area (Å²) in [5, 5.41) is 21.9. The van der Waals surface area contributed by atoms with Gasteiger partial charge in [-0.25, -0.2) is 4.79 Å². The molecule has 0 unspecified atom stereocenters. The zero-order valence-electron chi connectivity index (χ0n) is 18.0. The van der Waals surface area contributed by atoms with Gasteiger partial charge in [0.05, 0.1) is 10.4 Å². The average molecular weight is 473 g/mol. The van der Waals surface area contributed by atoms with Crippen molar-refractivity contribution < 1.29 is 24.6 Å². The number of aliphatic carboxylic acids is 2. The van der Waals surface area contributed by atoms with Crippen molar-refractivity contribution in [1.82, 2.24) is 20.3 Å². The molecule has 0 radical (unpaired) electrons. The van der Waals surface area contributed by atoms with Crippen LogP contribution in [-0.4, -0.2) is 49.1 Å². The first-order chi connectivity index (χ1) is 15.6. The van der Waals surface area contributed by atoms with Crippen molar-refractivity contribution in [3.05, 3.63) is 35.4 Å². The second-order valence-corrected chi connectivity index (χ2v) is 8.72. The third kappa shape index (κ3) is 5.52. The highest BCUT2D eigenvalue weighted by Gasteiger charge is 2.22. The molecule has 33 heavy (non-hydrogen) atoms. The molecular weight excluding hydrogens is 448 g/mol. The van der Waals surface area contributed by atoms with Gasteiger partial charge in [0.25, 0.3) is 5.91 Å². The highest BCUT2D eigenvalue weighted by molar-refractivity contribution is 7.99. The zero-order valence-corrected chi connectivity index (χ0v) is 18.8. The lowest BCUT2D eigenvalue weighted by Gasteiger charge is -2.14. The van der Waals surface area contributed by atoms with Crippen molar-refractivity contribution >= 4 is 52.4 Å². The Hall–Kier alpha value is -3.80. The molecule has 11 nitrogen and oxygen atoms in total. The number of aromatic amines is 1. The van der Waals surface area contributed by atoms with E-state index in [1.165, 1.54) is 11.8 Å². The highest BCUT2D eigenvalue weighted by Crippen LogP contribution is 2.39. The molecular formula is C21H24N6O5S. The minimum Gasteiger partial charge on any atom is -0.481 e. The van der Waals surface area contributed by atoms with E-state index in [9.17, 15) is 19.5 Å². The van der Waals surface area contributed by atoms with Crippen molar-refractivity contribution in [3.8, 4) is 0 Å². The van der Waals surface area contributed by atoms with E-state index in [0.29, 0.717) is 11.5 Å². The maximum Gasteiger partial charge on any atom is 0.326 e. The summed E-state index contributed by atoms with van der Waals surface area (Å²) in [5.41, 5.74) is 13.5. The second kappa shape index (κ2) is 9.77. The van der Waals surface area contributed by atoms with Gasteiger partial charge in [-0.1, -0.05) is 25.6 Å². The van der Waals surface area contributed by atoms with Gasteiger partial charge >= 0.3 is 11.9 Å². The molecule has 0 aliphatic heterocycles. The molecule has 0 saturated carbocycles. The number of nitrogens with one attached hydrogen (secondary N) is 2. The fourth-order valence-electron chi connectivity index (χ4n) is 3.33. The first kappa shape index (κ1) is 23.9. The number of hydrogen-bond acceptors (Lipinski definition) is 8. The van der Waals surface area contributed by atoms with Gasteiger partial charge in [0, 0.05) is 16.9 Å². The predicted molar refractivity (Wildman–Crippen MR) is 123 cm³/mol. The molecule has 174 valence electrons. The summed E-state index contributed by atoms with van der Waals surface area (Å²) in [4.78, 5) is 46.8. The number of anilines is 2. The molecule has 1 aromatic carbocycles. The Morgan fingerprint density at radius 2 is 1.79 bits per heavy atom. The van der Waals surface area contributed by atoms with Crippen LogP contribution in [0.5, 0.6) is 0 Å². The number of rotatable bonds is 9. The van der Waals surface area contributed by atoms with E-state index in [0.717, 1.165) is 20.9 Å². The van der Waals surface area contributed by atoms with Crippen LogP contribution in [0.15, 0.2) is 34.2 Å². The van der Waals surface area contributed by atoms with Gasteiger partial charge in [0.2, 0.25) is 5.95 Å². The summed E-state index contributed by atoms with van der Waals surface area (Å²) >= 11 is 1.42. The summed E-state index contributed by atoms with van der Waals surface area (Å²) in [6.07, 6.45) is -0.574. The zero-order chi connectivity index (χ0) is 24.3. The van der Waals surface area contributed by atoms with Gasteiger partial charge in [0.15, 0.2) is 0 Å². The molecule has 0 saturated heterocycles. The number of benzene rings is 1. The number of nitrogen functional groups attached to an aromatic ring is 2. The summed E-state index contributed by atoms with van der Waals surface area (Å²) in [6.45, 7) is 4.05. The van der Waals surface area contributed by atoms with Crippen LogP contribution in [0.25, 0.3) is 11.0 Å². The van der Waals surface area contributed by atoms with Gasteiger partial charge < -0.3 is 32.0 Å². The number of nitrogens with two attached hydrogens (primary N) is 2. The number of hydrogen-bond donors (Lipinski definition) is 6. The minimum absolute atomic E-state index is 0.0755. The normalized spacial score (nSPS) is 12.1. The number of fused-ring (bicyclic) bond motifs is 1. The van der Waals surface area contributed by atoms with E-state index in [4.69, 9.17) is 16.6 Å².